The predicted octanol–water partition coefficient (Wildman–Crippen LogP) is 4.85. The summed E-state index contributed by atoms with van der Waals surface area (Å²) in [5, 5.41) is 4.54. The van der Waals surface area contributed by atoms with Gasteiger partial charge < -0.3 is 14.8 Å². The molecule has 0 aromatic heterocycles. The molecule has 160 valence electrons. The number of likely N-dealkylation sites (tertiary alicyclic amines) is 1. The first-order valence-corrected chi connectivity index (χ1v) is 11.1. The van der Waals surface area contributed by atoms with E-state index in [0.29, 0.717) is 29.8 Å². The number of nitrogens with one attached hydrogen (secondary N) is 1. The van der Waals surface area contributed by atoms with Crippen molar-refractivity contribution in [3.63, 3.8) is 0 Å². The summed E-state index contributed by atoms with van der Waals surface area (Å²) < 4.78 is 11.2. The largest absolute Gasteiger partial charge is 0.486 e. The van der Waals surface area contributed by atoms with Crippen molar-refractivity contribution >= 4 is 29.1 Å². The Morgan fingerprint density at radius 1 is 1.10 bits per heavy atom. The van der Waals surface area contributed by atoms with E-state index in [1.807, 2.05) is 43.3 Å². The number of rotatable bonds is 5. The standard InChI is InChI=1S/C23H26Cl2N2O3/c1-15(17-5-6-21-22(13-17)30-12-11-29-21)26-23(28)16-7-9-27(10-8-16)14-18-19(24)3-2-4-20(18)25/h2-6,13,15-16H,7-12,14H2,1H3,(H,26,28)/t15-/m1/s1. The van der Waals surface area contributed by atoms with E-state index >= 15 is 0 Å². The average Bonchev–Trinajstić information content (AvgIpc) is 2.76. The first kappa shape index (κ1) is 21.3. The van der Waals surface area contributed by atoms with Crippen molar-refractivity contribution in [2.24, 2.45) is 5.92 Å². The maximum atomic E-state index is 12.8. The SMILES string of the molecule is C[C@@H](NC(=O)C1CCN(Cc2c(Cl)cccc2Cl)CC1)c1ccc2c(c1)OCCO2. The number of hydrogen-bond donors (Lipinski definition) is 1. The molecule has 2 aromatic rings. The van der Waals surface area contributed by atoms with Crippen molar-refractivity contribution in [2.45, 2.75) is 32.4 Å². The van der Waals surface area contributed by atoms with Gasteiger partial charge in [0.15, 0.2) is 11.5 Å². The number of hydrogen-bond acceptors (Lipinski definition) is 4. The van der Waals surface area contributed by atoms with Gasteiger partial charge in [-0.2, -0.15) is 0 Å². The molecule has 0 unspecified atom stereocenters. The van der Waals surface area contributed by atoms with Crippen LogP contribution in [0.3, 0.4) is 0 Å². The van der Waals surface area contributed by atoms with Crippen LogP contribution in [0.1, 0.15) is 36.9 Å². The van der Waals surface area contributed by atoms with Crippen molar-refractivity contribution in [3.05, 3.63) is 57.6 Å². The van der Waals surface area contributed by atoms with Gasteiger partial charge in [-0.05, 0) is 62.7 Å². The summed E-state index contributed by atoms with van der Waals surface area (Å²) in [6, 6.07) is 11.3. The highest BCUT2D eigenvalue weighted by Crippen LogP contribution is 2.33. The summed E-state index contributed by atoms with van der Waals surface area (Å²) in [4.78, 5) is 15.1. The van der Waals surface area contributed by atoms with E-state index in [0.717, 1.165) is 48.6 Å². The van der Waals surface area contributed by atoms with Gasteiger partial charge in [0.25, 0.3) is 0 Å². The average molecular weight is 449 g/mol. The van der Waals surface area contributed by atoms with Crippen molar-refractivity contribution in [1.82, 2.24) is 10.2 Å². The van der Waals surface area contributed by atoms with E-state index in [1.54, 1.807) is 0 Å². The van der Waals surface area contributed by atoms with Crippen molar-refractivity contribution in [3.8, 4) is 11.5 Å². The van der Waals surface area contributed by atoms with Crippen LogP contribution >= 0.6 is 23.2 Å². The highest BCUT2D eigenvalue weighted by Gasteiger charge is 2.27. The molecule has 5 nitrogen and oxygen atoms in total. The number of carbonyl (C=O) groups excluding carboxylic acids is 1. The van der Waals surface area contributed by atoms with Crippen molar-refractivity contribution in [2.75, 3.05) is 26.3 Å². The number of carbonyl (C=O) groups is 1. The van der Waals surface area contributed by atoms with E-state index < -0.39 is 0 Å². The van der Waals surface area contributed by atoms with Gasteiger partial charge in [-0.15, -0.1) is 0 Å². The van der Waals surface area contributed by atoms with Crippen molar-refractivity contribution < 1.29 is 14.3 Å². The Kier molecular flexibility index (Phi) is 6.71. The summed E-state index contributed by atoms with van der Waals surface area (Å²) >= 11 is 12.6. The van der Waals surface area contributed by atoms with Crippen LogP contribution in [0.15, 0.2) is 36.4 Å². The van der Waals surface area contributed by atoms with Gasteiger partial charge in [-0.3, -0.25) is 9.69 Å². The molecule has 1 atom stereocenters. The van der Waals surface area contributed by atoms with E-state index in [9.17, 15) is 4.79 Å². The fraction of sp³-hybridized carbons (Fsp3) is 0.435. The summed E-state index contributed by atoms with van der Waals surface area (Å²) in [7, 11) is 0. The Morgan fingerprint density at radius 2 is 1.77 bits per heavy atom. The second-order valence-corrected chi connectivity index (χ2v) is 8.70. The molecule has 7 heteroatoms. The maximum absolute atomic E-state index is 12.8. The van der Waals surface area contributed by atoms with Crippen LogP contribution in [-0.4, -0.2) is 37.1 Å². The Bertz CT molecular complexity index is 893. The number of ether oxygens (including phenoxy) is 2. The lowest BCUT2D eigenvalue weighted by Gasteiger charge is -2.32. The molecule has 30 heavy (non-hydrogen) atoms. The van der Waals surface area contributed by atoms with Gasteiger partial charge in [0.05, 0.1) is 6.04 Å². The third-order valence-electron chi connectivity index (χ3n) is 5.83. The third kappa shape index (κ3) is 4.85. The Morgan fingerprint density at radius 3 is 2.47 bits per heavy atom. The smallest absolute Gasteiger partial charge is 0.223 e. The van der Waals surface area contributed by atoms with Crippen LogP contribution in [0.5, 0.6) is 11.5 Å². The van der Waals surface area contributed by atoms with Gasteiger partial charge in [0.1, 0.15) is 13.2 Å². The minimum absolute atomic E-state index is 0.0163. The lowest BCUT2D eigenvalue weighted by Crippen LogP contribution is -2.41. The lowest BCUT2D eigenvalue weighted by atomic mass is 9.94. The summed E-state index contributed by atoms with van der Waals surface area (Å²) in [5.74, 6) is 1.62. The topological polar surface area (TPSA) is 50.8 Å². The normalized spacial score (nSPS) is 18.1. The number of halogens is 2. The zero-order chi connectivity index (χ0) is 21.1. The van der Waals surface area contributed by atoms with E-state index in [2.05, 4.69) is 10.2 Å². The van der Waals surface area contributed by atoms with E-state index in [4.69, 9.17) is 32.7 Å². The third-order valence-corrected chi connectivity index (χ3v) is 6.53. The van der Waals surface area contributed by atoms with Crippen LogP contribution in [0, 0.1) is 5.92 Å². The molecule has 0 saturated carbocycles. The number of benzene rings is 2. The quantitative estimate of drug-likeness (QED) is 0.709. The first-order chi connectivity index (χ1) is 14.5. The molecule has 2 heterocycles. The highest BCUT2D eigenvalue weighted by molar-refractivity contribution is 6.35. The molecule has 0 bridgehead atoms. The van der Waals surface area contributed by atoms with Crippen LogP contribution in [0.25, 0.3) is 0 Å². The van der Waals surface area contributed by atoms with Gasteiger partial charge >= 0.3 is 0 Å². The highest BCUT2D eigenvalue weighted by atomic mass is 35.5. The molecule has 2 aromatic carbocycles. The maximum Gasteiger partial charge on any atom is 0.223 e. The number of piperidine rings is 1. The molecule has 1 amide bonds. The molecule has 4 rings (SSSR count). The van der Waals surface area contributed by atoms with E-state index in [1.165, 1.54) is 0 Å². The molecule has 0 aliphatic carbocycles. The summed E-state index contributed by atoms with van der Waals surface area (Å²) in [6.45, 7) is 5.52. The fourth-order valence-electron chi connectivity index (χ4n) is 4.00. The Hall–Kier alpha value is -1.95. The van der Waals surface area contributed by atoms with Gasteiger partial charge in [-0.1, -0.05) is 35.3 Å². The monoisotopic (exact) mass is 448 g/mol. The minimum Gasteiger partial charge on any atom is -0.486 e. The van der Waals surface area contributed by atoms with E-state index in [-0.39, 0.29) is 17.9 Å². The predicted molar refractivity (Wildman–Crippen MR) is 118 cm³/mol. The number of nitrogens with zero attached hydrogens (tertiary/aromatic N) is 1. The minimum atomic E-state index is -0.0895. The lowest BCUT2D eigenvalue weighted by molar-refractivity contribution is -0.127. The molecule has 1 N–H and O–H groups in total. The Balaban J connectivity index is 1.30. The molecular formula is C23H26Cl2N2O3. The number of fused-ring (bicyclic) bond motifs is 1. The molecular weight excluding hydrogens is 423 g/mol. The molecule has 1 saturated heterocycles. The Labute approximate surface area is 187 Å². The van der Waals surface area contributed by atoms with Gasteiger partial charge in [-0.25, -0.2) is 0 Å². The van der Waals surface area contributed by atoms with Crippen LogP contribution in [0.2, 0.25) is 10.0 Å². The summed E-state index contributed by atoms with van der Waals surface area (Å²) in [5.41, 5.74) is 1.97. The first-order valence-electron chi connectivity index (χ1n) is 10.4. The molecule has 0 spiro atoms. The fourth-order valence-corrected chi connectivity index (χ4v) is 4.52. The number of amides is 1. The summed E-state index contributed by atoms with van der Waals surface area (Å²) in [6.07, 6.45) is 1.64. The molecule has 0 radical (unpaired) electrons. The second kappa shape index (κ2) is 9.46. The zero-order valence-corrected chi connectivity index (χ0v) is 18.5. The molecule has 1 fully saturated rings. The molecule has 2 aliphatic heterocycles. The molecule has 2 aliphatic rings. The zero-order valence-electron chi connectivity index (χ0n) is 17.0. The van der Waals surface area contributed by atoms with Gasteiger partial charge in [0.2, 0.25) is 5.91 Å². The van der Waals surface area contributed by atoms with Crippen LogP contribution in [0.4, 0.5) is 0 Å². The van der Waals surface area contributed by atoms with Crippen molar-refractivity contribution in [1.29, 1.82) is 0 Å². The second-order valence-electron chi connectivity index (χ2n) is 7.88. The van der Waals surface area contributed by atoms with Crippen LogP contribution in [-0.2, 0) is 11.3 Å². The van der Waals surface area contributed by atoms with Gasteiger partial charge in [0, 0.05) is 28.1 Å². The van der Waals surface area contributed by atoms with Crippen LogP contribution < -0.4 is 14.8 Å².